The third kappa shape index (κ3) is 14.5. The van der Waals surface area contributed by atoms with Gasteiger partial charge in [0.25, 0.3) is 5.91 Å². The number of aliphatic carboxylic acids is 1. The normalized spacial score (nSPS) is 14.9. The molecule has 2 aromatic carbocycles. The van der Waals surface area contributed by atoms with E-state index in [1.54, 1.807) is 45.0 Å². The smallest absolute Gasteiger partial charge is 0.422 e. The second kappa shape index (κ2) is 18.7. The van der Waals surface area contributed by atoms with Crippen LogP contribution in [0.1, 0.15) is 36.7 Å². The molecule has 1 aromatic heterocycles. The Kier molecular flexibility index (Phi) is 14.2. The average molecular weight is 752 g/mol. The molecule has 6 bridgehead atoms. The van der Waals surface area contributed by atoms with Crippen LogP contribution in [0.25, 0.3) is 0 Å². The van der Waals surface area contributed by atoms with Crippen molar-refractivity contribution in [1.82, 2.24) is 25.6 Å². The van der Waals surface area contributed by atoms with Gasteiger partial charge in [-0.3, -0.25) is 4.79 Å². The van der Waals surface area contributed by atoms with E-state index in [9.17, 15) is 32.7 Å². The number of aromatic nitrogens is 3. The first kappa shape index (κ1) is 40.1. The largest absolute Gasteiger partial charge is 0.491 e. The average Bonchev–Trinajstić information content (AvgIpc) is 3.08. The molecular formula is C33H40F3N7O10. The van der Waals surface area contributed by atoms with Crippen LogP contribution in [0.3, 0.4) is 0 Å². The molecule has 53 heavy (non-hydrogen) atoms. The molecule has 2 amide bonds. The topological polar surface area (TPSA) is 214 Å². The second-order valence-corrected chi connectivity index (χ2v) is 12.2. The molecule has 20 heteroatoms. The van der Waals surface area contributed by atoms with Gasteiger partial charge in [0, 0.05) is 18.3 Å². The van der Waals surface area contributed by atoms with Crippen LogP contribution in [0.4, 0.5) is 35.5 Å². The fraction of sp³-hybridized carbons (Fsp3) is 0.455. The highest BCUT2D eigenvalue weighted by Gasteiger charge is 2.29. The Morgan fingerprint density at radius 1 is 0.906 bits per heavy atom. The van der Waals surface area contributed by atoms with Crippen LogP contribution in [0.2, 0.25) is 0 Å². The van der Waals surface area contributed by atoms with Gasteiger partial charge in [0.1, 0.15) is 36.4 Å². The Hall–Kier alpha value is -5.63. The summed E-state index contributed by atoms with van der Waals surface area (Å²) in [6.45, 7) is 4.03. The molecule has 0 spiro atoms. The zero-order valence-electron chi connectivity index (χ0n) is 29.1. The van der Waals surface area contributed by atoms with E-state index in [0.717, 1.165) is 5.56 Å². The number of nitrogens with zero attached hydrogens (tertiary/aromatic N) is 3. The first-order valence-corrected chi connectivity index (χ1v) is 16.2. The van der Waals surface area contributed by atoms with Crippen molar-refractivity contribution in [3.8, 4) is 17.5 Å². The van der Waals surface area contributed by atoms with Gasteiger partial charge in [-0.25, -0.2) is 9.59 Å². The third-order valence-electron chi connectivity index (χ3n) is 6.64. The van der Waals surface area contributed by atoms with Gasteiger partial charge in [-0.05, 0) is 50.6 Å². The standard InChI is InChI=1S/C33H40F3N7O10/c1-32(2,3)53-31(47)38-18-24(27(45)46)40-26(44)23-9-6-21-16-25(23)51-15-13-49-11-10-48-12-14-50-22-7-4-20(5-8-22)17-37-28-41-29(39-21)43-30(42-28)52-19-33(34,35)36/h4-9,16,24H,10-15,17-19H2,1-3H3,(H,38,47)(H,40,44)(H,45,46)(H2,37,39,41,42,43)/t24-/m0/s1. The number of anilines is 3. The number of alkyl halides is 3. The second-order valence-electron chi connectivity index (χ2n) is 12.2. The number of halogens is 3. The zero-order chi connectivity index (χ0) is 38.4. The minimum Gasteiger partial charge on any atom is -0.491 e. The number of carbonyl (C=O) groups excluding carboxylic acids is 2. The van der Waals surface area contributed by atoms with Gasteiger partial charge in [-0.2, -0.15) is 28.1 Å². The lowest BCUT2D eigenvalue weighted by Gasteiger charge is -2.21. The SMILES string of the molecule is CC(C)(C)OC(=O)NC[C@H](NC(=O)c1ccc2cc1OCCOCCOCCOc1ccc(cc1)CNc1nc(nc(OCC(F)(F)F)n1)N2)C(=O)O. The lowest BCUT2D eigenvalue weighted by atomic mass is 10.1. The Bertz CT molecular complexity index is 1690. The number of ether oxygens (including phenoxy) is 6. The van der Waals surface area contributed by atoms with Crippen molar-refractivity contribution in [1.29, 1.82) is 0 Å². The van der Waals surface area contributed by atoms with Crippen LogP contribution in [0.5, 0.6) is 17.5 Å². The maximum atomic E-state index is 13.4. The fourth-order valence-electron chi connectivity index (χ4n) is 4.31. The number of amides is 2. The molecule has 3 aromatic rings. The molecule has 2 aliphatic rings. The molecule has 0 fully saturated rings. The number of carboxylic acids is 1. The summed E-state index contributed by atoms with van der Waals surface area (Å²) in [7, 11) is 0. The molecule has 17 nitrogen and oxygen atoms in total. The predicted octanol–water partition coefficient (Wildman–Crippen LogP) is 3.68. The van der Waals surface area contributed by atoms with E-state index in [-0.39, 0.29) is 68.5 Å². The first-order valence-electron chi connectivity index (χ1n) is 16.2. The lowest BCUT2D eigenvalue weighted by Crippen LogP contribution is -2.49. The maximum Gasteiger partial charge on any atom is 0.422 e. The number of nitrogens with one attached hydrogen (secondary N) is 4. The Labute approximate surface area is 301 Å². The summed E-state index contributed by atoms with van der Waals surface area (Å²) in [4.78, 5) is 49.6. The summed E-state index contributed by atoms with van der Waals surface area (Å²) in [5.41, 5.74) is 0.0699. The minimum atomic E-state index is -4.67. The van der Waals surface area contributed by atoms with Crippen LogP contribution in [-0.2, 0) is 25.5 Å². The van der Waals surface area contributed by atoms with E-state index in [1.165, 1.54) is 18.2 Å². The highest BCUT2D eigenvalue weighted by atomic mass is 19.4. The predicted molar refractivity (Wildman–Crippen MR) is 181 cm³/mol. The van der Waals surface area contributed by atoms with Crippen molar-refractivity contribution < 1.29 is 61.1 Å². The summed E-state index contributed by atoms with van der Waals surface area (Å²) < 4.78 is 71.5. The summed E-state index contributed by atoms with van der Waals surface area (Å²) in [5.74, 6) is -2.05. The van der Waals surface area contributed by atoms with Gasteiger partial charge in [0.2, 0.25) is 11.9 Å². The van der Waals surface area contributed by atoms with E-state index < -0.39 is 55.0 Å². The maximum absolute atomic E-state index is 13.4. The number of benzene rings is 2. The van der Waals surface area contributed by atoms with Crippen molar-refractivity contribution in [3.63, 3.8) is 0 Å². The number of carboxylic acid groups (broad SMARTS) is 1. The molecule has 288 valence electrons. The van der Waals surface area contributed by atoms with Crippen molar-refractivity contribution in [3.05, 3.63) is 53.6 Å². The minimum absolute atomic E-state index is 0.0312. The van der Waals surface area contributed by atoms with E-state index >= 15 is 0 Å². The highest BCUT2D eigenvalue weighted by Crippen LogP contribution is 2.27. The molecule has 5 N–H and O–H groups in total. The highest BCUT2D eigenvalue weighted by molar-refractivity contribution is 5.99. The summed E-state index contributed by atoms with van der Waals surface area (Å²) in [6.07, 6.45) is -5.54. The third-order valence-corrected chi connectivity index (χ3v) is 6.64. The number of carbonyl (C=O) groups is 3. The molecule has 0 aliphatic carbocycles. The monoisotopic (exact) mass is 751 g/mol. The summed E-state index contributed by atoms with van der Waals surface area (Å²) in [6, 6.07) is 8.98. The quantitative estimate of drug-likeness (QED) is 0.218. The van der Waals surface area contributed by atoms with Crippen molar-refractivity contribution >= 4 is 35.6 Å². The van der Waals surface area contributed by atoms with E-state index in [4.69, 9.17) is 28.4 Å². The first-order chi connectivity index (χ1) is 25.1. The summed E-state index contributed by atoms with van der Waals surface area (Å²) in [5, 5.41) is 20.2. The molecule has 2 aliphatic heterocycles. The molecule has 1 atom stereocenters. The number of hydrogen-bond acceptors (Lipinski definition) is 14. The van der Waals surface area contributed by atoms with Crippen LogP contribution in [-0.4, -0.2) is 109 Å². The van der Waals surface area contributed by atoms with Crippen molar-refractivity contribution in [2.75, 3.05) is 63.4 Å². The molecule has 0 radical (unpaired) electrons. The van der Waals surface area contributed by atoms with Crippen LogP contribution in [0, 0.1) is 0 Å². The van der Waals surface area contributed by atoms with E-state index in [2.05, 4.69) is 36.2 Å². The van der Waals surface area contributed by atoms with Gasteiger partial charge in [0.05, 0.1) is 38.5 Å². The number of hydrogen-bond donors (Lipinski definition) is 5. The van der Waals surface area contributed by atoms with Gasteiger partial charge in [-0.15, -0.1) is 0 Å². The fourth-order valence-corrected chi connectivity index (χ4v) is 4.31. The van der Waals surface area contributed by atoms with Crippen LogP contribution >= 0.6 is 0 Å². The van der Waals surface area contributed by atoms with Crippen molar-refractivity contribution in [2.45, 2.75) is 45.1 Å². The van der Waals surface area contributed by atoms with Gasteiger partial charge in [0.15, 0.2) is 6.61 Å². The number of alkyl carbamates (subject to hydrolysis) is 1. The molecule has 5 rings (SSSR count). The number of fused-ring (bicyclic) bond motifs is 12. The van der Waals surface area contributed by atoms with Gasteiger partial charge >= 0.3 is 24.2 Å². The van der Waals surface area contributed by atoms with Crippen LogP contribution in [0.15, 0.2) is 42.5 Å². The molecule has 0 unspecified atom stereocenters. The Morgan fingerprint density at radius 2 is 1.57 bits per heavy atom. The lowest BCUT2D eigenvalue weighted by molar-refractivity contribution is -0.154. The number of rotatable bonds is 7. The van der Waals surface area contributed by atoms with E-state index in [1.807, 2.05) is 0 Å². The molecular weight excluding hydrogens is 711 g/mol. The van der Waals surface area contributed by atoms with Crippen LogP contribution < -0.4 is 35.5 Å². The van der Waals surface area contributed by atoms with E-state index in [0.29, 0.717) is 12.4 Å². The molecule has 0 saturated heterocycles. The van der Waals surface area contributed by atoms with Gasteiger partial charge < -0.3 is 54.8 Å². The van der Waals surface area contributed by atoms with Gasteiger partial charge in [-0.1, -0.05) is 12.1 Å². The Balaban J connectivity index is 1.59. The molecule has 0 saturated carbocycles. The zero-order valence-corrected chi connectivity index (χ0v) is 29.1. The summed E-state index contributed by atoms with van der Waals surface area (Å²) >= 11 is 0. The molecule has 3 heterocycles. The Morgan fingerprint density at radius 3 is 2.23 bits per heavy atom. The van der Waals surface area contributed by atoms with Crippen molar-refractivity contribution in [2.24, 2.45) is 0 Å².